The van der Waals surface area contributed by atoms with Crippen molar-refractivity contribution in [3.63, 3.8) is 0 Å². The Hall–Kier alpha value is -2.70. The van der Waals surface area contributed by atoms with Crippen molar-refractivity contribution in [2.24, 2.45) is 0 Å². The number of hydrogen-bond donors (Lipinski definition) is 0. The first-order chi connectivity index (χ1) is 17.6. The number of aromatic nitrogens is 3. The number of ether oxygens (including phenoxy) is 1. The maximum atomic E-state index is 15.1. The molecule has 0 saturated carbocycles. The molecule has 10 heteroatoms. The van der Waals surface area contributed by atoms with Crippen LogP contribution in [-0.2, 0) is 4.74 Å². The Morgan fingerprint density at radius 3 is 2.49 bits per heavy atom. The quantitative estimate of drug-likeness (QED) is 0.403. The van der Waals surface area contributed by atoms with Crippen LogP contribution in [0.4, 0.5) is 15.0 Å². The monoisotopic (exact) mass is 526 g/mol. The number of anilines is 1. The third kappa shape index (κ3) is 4.38. The van der Waals surface area contributed by atoms with E-state index in [2.05, 4.69) is 31.6 Å². The van der Waals surface area contributed by atoms with Gasteiger partial charge >= 0.3 is 6.09 Å². The van der Waals surface area contributed by atoms with Crippen molar-refractivity contribution in [1.82, 2.24) is 24.8 Å². The number of amides is 1. The number of piperazine rings is 1. The van der Waals surface area contributed by atoms with Gasteiger partial charge in [-0.3, -0.25) is 9.80 Å². The first kappa shape index (κ1) is 24.6. The number of rotatable bonds is 1. The summed E-state index contributed by atoms with van der Waals surface area (Å²) in [6.07, 6.45) is 7.37. The van der Waals surface area contributed by atoms with Crippen LogP contribution in [-0.4, -0.2) is 80.2 Å². The molecule has 0 aliphatic carbocycles. The highest BCUT2D eigenvalue weighted by atomic mass is 35.5. The van der Waals surface area contributed by atoms with Gasteiger partial charge in [0.25, 0.3) is 0 Å². The Kier molecular flexibility index (Phi) is 5.96. The van der Waals surface area contributed by atoms with E-state index in [1.165, 1.54) is 6.20 Å². The highest BCUT2D eigenvalue weighted by molar-refractivity contribution is 6.30. The number of carbonyl (C=O) groups excluding carboxylic acids is 1. The van der Waals surface area contributed by atoms with Crippen LogP contribution in [0.25, 0.3) is 10.9 Å². The molecule has 1 amide bonds. The molecule has 2 bridgehead atoms. The Labute approximate surface area is 221 Å². The number of fused-ring (bicyclic) bond motifs is 4. The molecule has 4 saturated heterocycles. The van der Waals surface area contributed by atoms with Gasteiger partial charge in [-0.05, 0) is 78.3 Å². The van der Waals surface area contributed by atoms with Crippen LogP contribution in [0, 0.1) is 17.7 Å². The molecule has 0 radical (unpaired) electrons. The summed E-state index contributed by atoms with van der Waals surface area (Å²) in [5, 5.41) is 0.279. The molecule has 0 aromatic carbocycles. The lowest BCUT2D eigenvalue weighted by Gasteiger charge is -2.42. The van der Waals surface area contributed by atoms with E-state index in [9.17, 15) is 4.79 Å². The molecular formula is C27H32ClFN6O2. The minimum atomic E-state index is -0.664. The molecule has 8 nitrogen and oxygen atoms in total. The normalized spacial score (nSPS) is 24.8. The molecule has 6 heterocycles. The molecule has 0 N–H and O–H groups in total. The molecule has 0 spiro atoms. The van der Waals surface area contributed by atoms with Gasteiger partial charge in [0.1, 0.15) is 16.9 Å². The number of hydrogen-bond acceptors (Lipinski definition) is 7. The third-order valence-corrected chi connectivity index (χ3v) is 8.32. The molecule has 37 heavy (non-hydrogen) atoms. The van der Waals surface area contributed by atoms with Crippen molar-refractivity contribution >= 4 is 34.4 Å². The van der Waals surface area contributed by atoms with Gasteiger partial charge in [-0.15, -0.1) is 0 Å². The van der Waals surface area contributed by atoms with Crippen molar-refractivity contribution in [1.29, 1.82) is 0 Å². The summed E-state index contributed by atoms with van der Waals surface area (Å²) in [4.78, 5) is 32.7. The van der Waals surface area contributed by atoms with Gasteiger partial charge in [-0.2, -0.15) is 0 Å². The zero-order chi connectivity index (χ0) is 25.9. The maximum absolute atomic E-state index is 15.1. The van der Waals surface area contributed by atoms with Crippen LogP contribution in [0.5, 0.6) is 0 Å². The lowest BCUT2D eigenvalue weighted by Crippen LogP contribution is -2.57. The van der Waals surface area contributed by atoms with Crippen LogP contribution in [0.2, 0.25) is 5.15 Å². The minimum absolute atomic E-state index is 0.0114. The summed E-state index contributed by atoms with van der Waals surface area (Å²) in [7, 11) is 0. The fraction of sp³-hybridized carbons (Fsp3) is 0.630. The largest absolute Gasteiger partial charge is 0.444 e. The summed E-state index contributed by atoms with van der Waals surface area (Å²) in [6, 6.07) is -0.0228. The summed E-state index contributed by atoms with van der Waals surface area (Å²) >= 11 is 6.03. The van der Waals surface area contributed by atoms with Gasteiger partial charge in [0.05, 0.1) is 23.0 Å². The smallest absolute Gasteiger partial charge is 0.410 e. The minimum Gasteiger partial charge on any atom is -0.444 e. The molecule has 4 fully saturated rings. The van der Waals surface area contributed by atoms with E-state index in [-0.39, 0.29) is 34.4 Å². The van der Waals surface area contributed by atoms with E-state index < -0.39 is 11.4 Å². The fourth-order valence-corrected chi connectivity index (χ4v) is 6.63. The van der Waals surface area contributed by atoms with E-state index >= 15 is 4.39 Å². The molecule has 4 aliphatic heterocycles. The summed E-state index contributed by atoms with van der Waals surface area (Å²) < 4.78 is 20.8. The van der Waals surface area contributed by atoms with Crippen LogP contribution in [0.3, 0.4) is 0 Å². The molecule has 196 valence electrons. The van der Waals surface area contributed by atoms with E-state index in [0.29, 0.717) is 30.1 Å². The molecule has 2 atom stereocenters. The first-order valence-electron chi connectivity index (χ1n) is 13.2. The standard InChI is InChI=1S/C27H32ClFN6O2/c1-26(2,3)37-25(36)35-17-6-7-18(35)16-33(15-17)24-19-14-30-23(28)21(29)22(19)31-20(32-24)8-11-27-9-4-12-34(27)13-5-10-27/h14,17-18H,4-7,9-10,12-13,15-16H2,1-3H3. The third-order valence-electron chi connectivity index (χ3n) is 8.06. The second-order valence-corrected chi connectivity index (χ2v) is 12.0. The van der Waals surface area contributed by atoms with Gasteiger partial charge in [-0.1, -0.05) is 17.5 Å². The summed E-state index contributed by atoms with van der Waals surface area (Å²) in [6.45, 7) is 8.90. The maximum Gasteiger partial charge on any atom is 0.410 e. The highest BCUT2D eigenvalue weighted by Crippen LogP contribution is 2.39. The number of nitrogens with zero attached hydrogens (tertiary/aromatic N) is 6. The molecule has 2 unspecified atom stereocenters. The first-order valence-corrected chi connectivity index (χ1v) is 13.6. The van der Waals surface area contributed by atoms with Gasteiger partial charge < -0.3 is 9.64 Å². The van der Waals surface area contributed by atoms with Gasteiger partial charge in [0.2, 0.25) is 5.82 Å². The van der Waals surface area contributed by atoms with Crippen molar-refractivity contribution in [3.8, 4) is 11.8 Å². The number of pyridine rings is 1. The predicted octanol–water partition coefficient (Wildman–Crippen LogP) is 4.39. The topological polar surface area (TPSA) is 74.7 Å². The number of carbonyl (C=O) groups is 1. The summed E-state index contributed by atoms with van der Waals surface area (Å²) in [5.41, 5.74) is -0.547. The van der Waals surface area contributed by atoms with Crippen LogP contribution in [0.1, 0.15) is 65.1 Å². The summed E-state index contributed by atoms with van der Waals surface area (Å²) in [5.74, 6) is 6.89. The lowest BCUT2D eigenvalue weighted by molar-refractivity contribution is 0.0123. The highest BCUT2D eigenvalue weighted by Gasteiger charge is 2.45. The van der Waals surface area contributed by atoms with Gasteiger partial charge in [-0.25, -0.2) is 24.1 Å². The molecule has 2 aromatic rings. The zero-order valence-corrected chi connectivity index (χ0v) is 22.3. The van der Waals surface area contributed by atoms with Crippen molar-refractivity contribution in [2.75, 3.05) is 31.1 Å². The second-order valence-electron chi connectivity index (χ2n) is 11.6. The van der Waals surface area contributed by atoms with Crippen molar-refractivity contribution in [2.45, 2.75) is 82.5 Å². The van der Waals surface area contributed by atoms with E-state index in [1.807, 2.05) is 25.7 Å². The zero-order valence-electron chi connectivity index (χ0n) is 21.6. The molecular weight excluding hydrogens is 495 g/mol. The van der Waals surface area contributed by atoms with E-state index in [0.717, 1.165) is 51.6 Å². The van der Waals surface area contributed by atoms with Crippen molar-refractivity contribution in [3.05, 3.63) is 23.0 Å². The Balaban J connectivity index is 1.36. The van der Waals surface area contributed by atoms with Crippen LogP contribution < -0.4 is 4.90 Å². The Morgan fingerprint density at radius 1 is 1.16 bits per heavy atom. The average Bonchev–Trinajstić information content (AvgIpc) is 3.49. The Morgan fingerprint density at radius 2 is 1.84 bits per heavy atom. The Bertz CT molecular complexity index is 1290. The molecule has 4 aliphatic rings. The average molecular weight is 527 g/mol. The van der Waals surface area contributed by atoms with Crippen LogP contribution >= 0.6 is 11.6 Å². The van der Waals surface area contributed by atoms with Crippen LogP contribution in [0.15, 0.2) is 6.20 Å². The van der Waals surface area contributed by atoms with Gasteiger partial charge in [0.15, 0.2) is 11.0 Å². The predicted molar refractivity (Wildman–Crippen MR) is 139 cm³/mol. The fourth-order valence-electron chi connectivity index (χ4n) is 6.49. The second kappa shape index (κ2) is 8.95. The van der Waals surface area contributed by atoms with Gasteiger partial charge in [0, 0.05) is 19.3 Å². The van der Waals surface area contributed by atoms with E-state index in [4.69, 9.17) is 21.3 Å². The molecule has 6 rings (SSSR count). The van der Waals surface area contributed by atoms with E-state index in [1.54, 1.807) is 0 Å². The lowest BCUT2D eigenvalue weighted by atomic mass is 9.95. The molecule has 2 aromatic heterocycles. The SMILES string of the molecule is CC(C)(C)OC(=O)N1C2CCC1CN(c1nc(C#CC34CCCN3CCC4)nc3c(F)c(Cl)ncc13)C2. The number of halogens is 2. The van der Waals surface area contributed by atoms with Crippen molar-refractivity contribution < 1.29 is 13.9 Å².